The van der Waals surface area contributed by atoms with Crippen molar-refractivity contribution in [1.82, 2.24) is 15.5 Å². The van der Waals surface area contributed by atoms with Crippen LogP contribution in [0.1, 0.15) is 96.0 Å². The third-order valence-electron chi connectivity index (χ3n) is 7.22. The Morgan fingerprint density at radius 2 is 1.45 bits per heavy atom. The van der Waals surface area contributed by atoms with Gasteiger partial charge >= 0.3 is 12.1 Å². The van der Waals surface area contributed by atoms with Crippen LogP contribution in [0.4, 0.5) is 4.79 Å². The predicted molar refractivity (Wildman–Crippen MR) is 180 cm³/mol. The highest BCUT2D eigenvalue weighted by Gasteiger charge is 2.39. The molecule has 0 aliphatic heterocycles. The molecule has 0 saturated carbocycles. The van der Waals surface area contributed by atoms with Crippen LogP contribution >= 0.6 is 0 Å². The first-order valence-corrected chi connectivity index (χ1v) is 16.0. The van der Waals surface area contributed by atoms with Crippen molar-refractivity contribution < 1.29 is 33.4 Å². The van der Waals surface area contributed by atoms with Gasteiger partial charge < -0.3 is 30.7 Å². The van der Waals surface area contributed by atoms with Gasteiger partial charge in [0, 0.05) is 13.0 Å². The van der Waals surface area contributed by atoms with Crippen LogP contribution < -0.4 is 16.4 Å². The van der Waals surface area contributed by atoms with E-state index in [9.17, 15) is 24.0 Å². The minimum absolute atomic E-state index is 0.113. The summed E-state index contributed by atoms with van der Waals surface area (Å²) >= 11 is 0. The second-order valence-corrected chi connectivity index (χ2v) is 13.7. The number of nitrogens with zero attached hydrogens (tertiary/aromatic N) is 1. The van der Waals surface area contributed by atoms with Crippen molar-refractivity contribution in [2.75, 3.05) is 6.54 Å². The topological polar surface area (TPSA) is 157 Å². The number of esters is 1. The number of ether oxygens (including phenoxy) is 2. The lowest BCUT2D eigenvalue weighted by molar-refractivity contribution is -0.159. The highest BCUT2D eigenvalue weighted by molar-refractivity contribution is 5.96. The van der Waals surface area contributed by atoms with Crippen LogP contribution in [0.25, 0.3) is 0 Å². The summed E-state index contributed by atoms with van der Waals surface area (Å²) in [5.41, 5.74) is 6.81. The number of aryl methyl sites for hydroxylation is 1. The Morgan fingerprint density at radius 3 is 2.00 bits per heavy atom. The molecule has 0 spiro atoms. The van der Waals surface area contributed by atoms with E-state index in [0.29, 0.717) is 18.4 Å². The molecule has 0 aliphatic carbocycles. The molecule has 0 aliphatic rings. The van der Waals surface area contributed by atoms with Crippen molar-refractivity contribution in [3.05, 3.63) is 70.8 Å². The molecular formula is C36H52N4O7. The molecule has 0 saturated heterocycles. The molecule has 4 amide bonds. The van der Waals surface area contributed by atoms with E-state index in [1.807, 2.05) is 57.2 Å². The van der Waals surface area contributed by atoms with Crippen molar-refractivity contribution in [3.8, 4) is 0 Å². The summed E-state index contributed by atoms with van der Waals surface area (Å²) in [7, 11) is 0. The summed E-state index contributed by atoms with van der Waals surface area (Å²) in [5, 5.41) is 5.38. The van der Waals surface area contributed by atoms with E-state index in [-0.39, 0.29) is 13.0 Å². The van der Waals surface area contributed by atoms with Gasteiger partial charge in [-0.25, -0.2) is 9.59 Å². The molecule has 0 bridgehead atoms. The summed E-state index contributed by atoms with van der Waals surface area (Å²) in [6.07, 6.45) is -0.0898. The second kappa shape index (κ2) is 16.9. The average molecular weight is 653 g/mol. The van der Waals surface area contributed by atoms with Crippen molar-refractivity contribution in [2.24, 2.45) is 5.73 Å². The first kappa shape index (κ1) is 38.8. The first-order chi connectivity index (χ1) is 21.8. The Balaban J connectivity index is 2.67. The van der Waals surface area contributed by atoms with E-state index in [0.717, 1.165) is 16.7 Å². The first-order valence-electron chi connectivity index (χ1n) is 16.0. The minimum atomic E-state index is -1.41. The zero-order chi connectivity index (χ0) is 35.5. The SMILES string of the molecule is CCCCN(C(=O)C(CC(N)=O)NC(=O)OC(C)(C)C)C(C(=O)NC(Cc1ccccc1)C(=O)OC(C)(C)C)c1cccc(C)c1C. The lowest BCUT2D eigenvalue weighted by atomic mass is 9.94. The molecule has 0 heterocycles. The molecule has 258 valence electrons. The largest absolute Gasteiger partial charge is 0.458 e. The summed E-state index contributed by atoms with van der Waals surface area (Å²) in [6.45, 7) is 16.0. The fraction of sp³-hybridized carbons (Fsp3) is 0.528. The van der Waals surface area contributed by atoms with Crippen LogP contribution in [-0.2, 0) is 35.1 Å². The summed E-state index contributed by atoms with van der Waals surface area (Å²) in [6, 6.07) is 10.9. The fourth-order valence-corrected chi connectivity index (χ4v) is 4.93. The molecule has 47 heavy (non-hydrogen) atoms. The number of rotatable bonds is 14. The summed E-state index contributed by atoms with van der Waals surface area (Å²) in [4.78, 5) is 68.6. The summed E-state index contributed by atoms with van der Waals surface area (Å²) in [5.74, 6) is -2.76. The number of hydrogen-bond acceptors (Lipinski definition) is 7. The van der Waals surface area contributed by atoms with Gasteiger partial charge in [-0.3, -0.25) is 14.4 Å². The number of amides is 4. The smallest absolute Gasteiger partial charge is 0.408 e. The number of carbonyl (C=O) groups excluding carboxylic acids is 5. The van der Waals surface area contributed by atoms with Crippen LogP contribution in [0.2, 0.25) is 0 Å². The third kappa shape index (κ3) is 12.7. The van der Waals surface area contributed by atoms with Gasteiger partial charge in [-0.15, -0.1) is 0 Å². The van der Waals surface area contributed by atoms with Crippen LogP contribution in [0.15, 0.2) is 48.5 Å². The van der Waals surface area contributed by atoms with Gasteiger partial charge in [-0.1, -0.05) is 61.9 Å². The number of carbonyl (C=O) groups is 5. The highest BCUT2D eigenvalue weighted by Crippen LogP contribution is 2.29. The van der Waals surface area contributed by atoms with Gasteiger partial charge in [0.2, 0.25) is 17.7 Å². The Hall–Kier alpha value is -4.41. The van der Waals surface area contributed by atoms with Gasteiger partial charge in [-0.2, -0.15) is 0 Å². The lowest BCUT2D eigenvalue weighted by Gasteiger charge is -2.36. The molecule has 11 heteroatoms. The van der Waals surface area contributed by atoms with E-state index < -0.39 is 65.5 Å². The van der Waals surface area contributed by atoms with Crippen molar-refractivity contribution >= 4 is 29.8 Å². The standard InChI is InChI=1S/C36H52N4O7/c1-10-11-20-40(32(43)27(22-29(37)41)39-34(45)47-36(7,8)9)30(26-19-15-16-23(2)24(26)3)31(42)38-28(33(44)46-35(4,5)6)21-25-17-13-12-14-18-25/h12-19,27-28,30H,10-11,20-22H2,1-9H3,(H2,37,41)(H,38,42)(H,39,45). The van der Waals surface area contributed by atoms with E-state index in [1.54, 1.807) is 53.7 Å². The second-order valence-electron chi connectivity index (χ2n) is 13.7. The summed E-state index contributed by atoms with van der Waals surface area (Å²) < 4.78 is 11.1. The molecule has 0 aromatic heterocycles. The Kier molecular flexibility index (Phi) is 14.0. The molecule has 2 rings (SSSR count). The number of benzene rings is 2. The van der Waals surface area contributed by atoms with Gasteiger partial charge in [0.25, 0.3) is 0 Å². The van der Waals surface area contributed by atoms with Crippen molar-refractivity contribution in [1.29, 1.82) is 0 Å². The van der Waals surface area contributed by atoms with Crippen molar-refractivity contribution in [2.45, 2.75) is 117 Å². The molecule has 0 fully saturated rings. The highest BCUT2D eigenvalue weighted by atomic mass is 16.6. The maximum absolute atomic E-state index is 14.5. The zero-order valence-corrected chi connectivity index (χ0v) is 29.3. The van der Waals surface area contributed by atoms with Crippen LogP contribution in [-0.4, -0.2) is 64.5 Å². The van der Waals surface area contributed by atoms with Crippen LogP contribution in [0.3, 0.4) is 0 Å². The molecular weight excluding hydrogens is 600 g/mol. The predicted octanol–water partition coefficient (Wildman–Crippen LogP) is 4.81. The van der Waals surface area contributed by atoms with E-state index in [4.69, 9.17) is 15.2 Å². The zero-order valence-electron chi connectivity index (χ0n) is 29.3. The molecule has 11 nitrogen and oxygen atoms in total. The maximum Gasteiger partial charge on any atom is 0.408 e. The monoisotopic (exact) mass is 652 g/mol. The minimum Gasteiger partial charge on any atom is -0.458 e. The van der Waals surface area contributed by atoms with Gasteiger partial charge in [0.05, 0.1) is 6.42 Å². The van der Waals surface area contributed by atoms with Gasteiger partial charge in [-0.05, 0) is 84.1 Å². The van der Waals surface area contributed by atoms with E-state index >= 15 is 0 Å². The maximum atomic E-state index is 14.5. The molecule has 4 N–H and O–H groups in total. The molecule has 2 aromatic carbocycles. The number of hydrogen-bond donors (Lipinski definition) is 3. The van der Waals surface area contributed by atoms with Gasteiger partial charge in [0.15, 0.2) is 0 Å². The Bertz CT molecular complexity index is 1400. The quantitative estimate of drug-likeness (QED) is 0.247. The number of nitrogens with one attached hydrogen (secondary N) is 2. The van der Waals surface area contributed by atoms with E-state index in [1.165, 1.54) is 4.90 Å². The molecule has 3 unspecified atom stereocenters. The lowest BCUT2D eigenvalue weighted by Crippen LogP contribution is -2.56. The van der Waals surface area contributed by atoms with Crippen molar-refractivity contribution in [3.63, 3.8) is 0 Å². The Labute approximate surface area is 278 Å². The normalized spacial score (nSPS) is 13.5. The number of alkyl carbamates (subject to hydrolysis) is 1. The fourth-order valence-electron chi connectivity index (χ4n) is 4.93. The Morgan fingerprint density at radius 1 is 0.830 bits per heavy atom. The molecule has 2 aromatic rings. The number of unbranched alkanes of at least 4 members (excludes halogenated alkanes) is 1. The number of nitrogens with two attached hydrogens (primary N) is 1. The van der Waals surface area contributed by atoms with E-state index in [2.05, 4.69) is 10.6 Å². The van der Waals surface area contributed by atoms with Gasteiger partial charge in [0.1, 0.15) is 29.3 Å². The average Bonchev–Trinajstić information content (AvgIpc) is 2.94. The number of primary amides is 1. The third-order valence-corrected chi connectivity index (χ3v) is 7.22. The van der Waals surface area contributed by atoms with Crippen LogP contribution in [0.5, 0.6) is 0 Å². The van der Waals surface area contributed by atoms with Crippen LogP contribution in [0, 0.1) is 13.8 Å². The molecule has 0 radical (unpaired) electrons. The molecule has 3 atom stereocenters.